The number of piperazine rings is 1. The number of hydrogen-bond acceptors (Lipinski definition) is 3. The fourth-order valence-electron chi connectivity index (χ4n) is 2.88. The number of nitrogens with zero attached hydrogens (tertiary/aromatic N) is 2. The fourth-order valence-corrected chi connectivity index (χ4v) is 2.88. The Morgan fingerprint density at radius 1 is 1.12 bits per heavy atom. The van der Waals surface area contributed by atoms with Crippen molar-refractivity contribution in [2.75, 3.05) is 32.7 Å². The maximum atomic E-state index is 12.7. The van der Waals surface area contributed by atoms with Crippen LogP contribution < -0.4 is 5.32 Å². The molecule has 136 valence electrons. The molecule has 1 aromatic rings. The van der Waals surface area contributed by atoms with Gasteiger partial charge in [-0.1, -0.05) is 0 Å². The van der Waals surface area contributed by atoms with E-state index >= 15 is 0 Å². The van der Waals surface area contributed by atoms with Crippen molar-refractivity contribution in [3.05, 3.63) is 35.4 Å². The van der Waals surface area contributed by atoms with Crippen molar-refractivity contribution in [2.24, 2.45) is 0 Å². The number of carbonyl (C=O) groups excluding carboxylic acids is 2. The van der Waals surface area contributed by atoms with Crippen LogP contribution in [0, 0.1) is 0 Å². The third kappa shape index (κ3) is 4.31. The Morgan fingerprint density at radius 3 is 2.24 bits per heavy atom. The lowest BCUT2D eigenvalue weighted by atomic mass is 10.1. The zero-order valence-electron chi connectivity index (χ0n) is 13.7. The van der Waals surface area contributed by atoms with Gasteiger partial charge in [-0.05, 0) is 37.1 Å². The normalized spacial score (nSPS) is 18.1. The van der Waals surface area contributed by atoms with Crippen LogP contribution in [0.3, 0.4) is 0 Å². The van der Waals surface area contributed by atoms with Crippen molar-refractivity contribution >= 4 is 11.8 Å². The summed E-state index contributed by atoms with van der Waals surface area (Å²) in [5.41, 5.74) is -0.619. The van der Waals surface area contributed by atoms with E-state index in [0.717, 1.165) is 38.1 Å². The van der Waals surface area contributed by atoms with Crippen molar-refractivity contribution in [3.63, 3.8) is 0 Å². The van der Waals surface area contributed by atoms with E-state index in [1.807, 2.05) is 0 Å². The molecule has 0 radical (unpaired) electrons. The molecule has 2 aliphatic rings. The van der Waals surface area contributed by atoms with E-state index in [-0.39, 0.29) is 30.0 Å². The molecule has 1 N–H and O–H groups in total. The number of benzene rings is 1. The number of hydrogen-bond donors (Lipinski definition) is 1. The van der Waals surface area contributed by atoms with Crippen LogP contribution in [0.4, 0.5) is 13.2 Å². The van der Waals surface area contributed by atoms with Crippen LogP contribution in [-0.2, 0) is 11.0 Å². The molecule has 1 saturated heterocycles. The summed E-state index contributed by atoms with van der Waals surface area (Å²) in [7, 11) is 0. The van der Waals surface area contributed by atoms with E-state index in [1.165, 1.54) is 17.0 Å². The van der Waals surface area contributed by atoms with E-state index < -0.39 is 11.7 Å². The molecule has 1 heterocycles. The fraction of sp³-hybridized carbons (Fsp3) is 0.529. The van der Waals surface area contributed by atoms with Gasteiger partial charge in [0.15, 0.2) is 0 Å². The SMILES string of the molecule is O=C(CN(C(=O)c1ccc(C(F)(F)F)cc1)C1CC1)N1CCNCC1. The third-order valence-electron chi connectivity index (χ3n) is 4.48. The molecular formula is C17H20F3N3O2. The highest BCUT2D eigenvalue weighted by Crippen LogP contribution is 2.31. The van der Waals surface area contributed by atoms with Gasteiger partial charge in [-0.3, -0.25) is 9.59 Å². The largest absolute Gasteiger partial charge is 0.416 e. The molecule has 1 aliphatic heterocycles. The van der Waals surface area contributed by atoms with Crippen molar-refractivity contribution in [1.29, 1.82) is 0 Å². The van der Waals surface area contributed by atoms with Gasteiger partial charge in [0.05, 0.1) is 5.56 Å². The molecule has 2 amide bonds. The first-order valence-electron chi connectivity index (χ1n) is 8.33. The summed E-state index contributed by atoms with van der Waals surface area (Å²) < 4.78 is 37.9. The van der Waals surface area contributed by atoms with E-state index in [9.17, 15) is 22.8 Å². The van der Waals surface area contributed by atoms with Crippen LogP contribution in [0.2, 0.25) is 0 Å². The molecular weight excluding hydrogens is 335 g/mol. The van der Waals surface area contributed by atoms with Crippen LogP contribution in [-0.4, -0.2) is 60.4 Å². The van der Waals surface area contributed by atoms with Gasteiger partial charge < -0.3 is 15.1 Å². The Kier molecular flexibility index (Phi) is 4.99. The van der Waals surface area contributed by atoms with E-state index in [2.05, 4.69) is 5.32 Å². The molecule has 0 atom stereocenters. The van der Waals surface area contributed by atoms with E-state index in [1.54, 1.807) is 4.90 Å². The first kappa shape index (κ1) is 17.7. The highest BCUT2D eigenvalue weighted by atomic mass is 19.4. The number of rotatable bonds is 4. The summed E-state index contributed by atoms with van der Waals surface area (Å²) in [4.78, 5) is 28.3. The molecule has 3 rings (SSSR count). The first-order valence-corrected chi connectivity index (χ1v) is 8.33. The zero-order chi connectivity index (χ0) is 18.0. The van der Waals surface area contributed by atoms with Crippen molar-refractivity contribution in [1.82, 2.24) is 15.1 Å². The molecule has 0 bridgehead atoms. The number of alkyl halides is 3. The molecule has 1 aliphatic carbocycles. The maximum Gasteiger partial charge on any atom is 0.416 e. The Morgan fingerprint density at radius 2 is 1.72 bits per heavy atom. The number of amides is 2. The molecule has 2 fully saturated rings. The Bertz CT molecular complexity index is 636. The zero-order valence-corrected chi connectivity index (χ0v) is 13.7. The van der Waals surface area contributed by atoms with Crippen LogP contribution in [0.5, 0.6) is 0 Å². The molecule has 25 heavy (non-hydrogen) atoms. The van der Waals surface area contributed by atoms with Gasteiger partial charge >= 0.3 is 6.18 Å². The van der Waals surface area contributed by atoms with Gasteiger partial charge in [0, 0.05) is 37.8 Å². The van der Waals surface area contributed by atoms with E-state index in [0.29, 0.717) is 13.1 Å². The second-order valence-electron chi connectivity index (χ2n) is 6.37. The lowest BCUT2D eigenvalue weighted by Crippen LogP contribution is -2.50. The van der Waals surface area contributed by atoms with Crippen LogP contribution >= 0.6 is 0 Å². The summed E-state index contributed by atoms with van der Waals surface area (Å²) in [5.74, 6) is -0.506. The molecule has 5 nitrogen and oxygen atoms in total. The quantitative estimate of drug-likeness (QED) is 0.895. The third-order valence-corrected chi connectivity index (χ3v) is 4.48. The van der Waals surface area contributed by atoms with Crippen molar-refractivity contribution in [3.8, 4) is 0 Å². The molecule has 1 saturated carbocycles. The second kappa shape index (κ2) is 7.03. The minimum atomic E-state index is -4.43. The number of nitrogens with one attached hydrogen (secondary N) is 1. The lowest BCUT2D eigenvalue weighted by molar-refractivity contribution is -0.137. The van der Waals surface area contributed by atoms with Gasteiger partial charge in [-0.25, -0.2) is 0 Å². The van der Waals surface area contributed by atoms with Crippen LogP contribution in [0.15, 0.2) is 24.3 Å². The maximum absolute atomic E-state index is 12.7. The number of halogens is 3. The molecule has 0 unspecified atom stereocenters. The number of carbonyl (C=O) groups is 2. The van der Waals surface area contributed by atoms with Gasteiger partial charge in [0.2, 0.25) is 5.91 Å². The molecule has 0 spiro atoms. The van der Waals surface area contributed by atoms with Crippen molar-refractivity contribution < 1.29 is 22.8 Å². The predicted molar refractivity (Wildman–Crippen MR) is 85.0 cm³/mol. The smallest absolute Gasteiger partial charge is 0.339 e. The summed E-state index contributed by atoms with van der Waals surface area (Å²) in [5, 5.41) is 3.16. The minimum Gasteiger partial charge on any atom is -0.339 e. The van der Waals surface area contributed by atoms with Crippen molar-refractivity contribution in [2.45, 2.75) is 25.1 Å². The molecule has 0 aromatic heterocycles. The average molecular weight is 355 g/mol. The summed E-state index contributed by atoms with van der Waals surface area (Å²) in [6, 6.07) is 4.15. The predicted octanol–water partition coefficient (Wildman–Crippen LogP) is 1.74. The Labute approximate surface area is 143 Å². The standard InChI is InChI=1S/C17H20F3N3O2/c18-17(19,20)13-3-1-12(2-4-13)16(25)23(14-5-6-14)11-15(24)22-9-7-21-8-10-22/h1-4,14,21H,5-11H2. The first-order chi connectivity index (χ1) is 11.9. The van der Waals surface area contributed by atoms with Crippen LogP contribution in [0.1, 0.15) is 28.8 Å². The second-order valence-corrected chi connectivity index (χ2v) is 6.37. The average Bonchev–Trinajstić information content (AvgIpc) is 3.44. The Hall–Kier alpha value is -2.09. The highest BCUT2D eigenvalue weighted by Gasteiger charge is 2.36. The van der Waals surface area contributed by atoms with E-state index in [4.69, 9.17) is 0 Å². The summed E-state index contributed by atoms with van der Waals surface area (Å²) in [6.45, 7) is 2.63. The minimum absolute atomic E-state index is 0.00154. The summed E-state index contributed by atoms with van der Waals surface area (Å²) >= 11 is 0. The highest BCUT2D eigenvalue weighted by molar-refractivity contribution is 5.97. The van der Waals surface area contributed by atoms with Gasteiger partial charge in [-0.15, -0.1) is 0 Å². The monoisotopic (exact) mass is 355 g/mol. The topological polar surface area (TPSA) is 52.7 Å². The van der Waals surface area contributed by atoms with Gasteiger partial charge in [0.25, 0.3) is 5.91 Å². The van der Waals surface area contributed by atoms with Gasteiger partial charge in [0.1, 0.15) is 6.54 Å². The molecule has 1 aromatic carbocycles. The Balaban J connectivity index is 1.69. The molecule has 8 heteroatoms. The lowest BCUT2D eigenvalue weighted by Gasteiger charge is -2.30. The summed E-state index contributed by atoms with van der Waals surface area (Å²) in [6.07, 6.45) is -2.79. The van der Waals surface area contributed by atoms with Gasteiger partial charge in [-0.2, -0.15) is 13.2 Å². The van der Waals surface area contributed by atoms with Crippen LogP contribution in [0.25, 0.3) is 0 Å².